The highest BCUT2D eigenvalue weighted by atomic mass is 79.9. The minimum atomic E-state index is -4.54. The Labute approximate surface area is 157 Å². The first kappa shape index (κ1) is 18.1. The molecule has 0 saturated heterocycles. The van der Waals surface area contributed by atoms with E-state index in [0.29, 0.717) is 11.1 Å². The van der Waals surface area contributed by atoms with E-state index in [9.17, 15) is 17.6 Å². The predicted molar refractivity (Wildman–Crippen MR) is 94.9 cm³/mol. The van der Waals surface area contributed by atoms with Crippen LogP contribution in [0.3, 0.4) is 0 Å². The number of halogens is 6. The highest BCUT2D eigenvalue weighted by Gasteiger charge is 2.58. The number of alkyl halides is 5. The van der Waals surface area contributed by atoms with E-state index in [1.54, 1.807) is 76.6 Å². The second-order valence-corrected chi connectivity index (χ2v) is 6.89. The molecular weight excluding hydrogens is 468 g/mol. The highest BCUT2D eigenvalue weighted by Crippen LogP contribution is 2.48. The van der Waals surface area contributed by atoms with Crippen molar-refractivity contribution in [1.82, 2.24) is 9.55 Å². The van der Waals surface area contributed by atoms with Gasteiger partial charge in [0.1, 0.15) is 0 Å². The fourth-order valence-corrected chi connectivity index (χ4v) is 3.19. The van der Waals surface area contributed by atoms with Gasteiger partial charge >= 0.3 is 10.9 Å². The van der Waals surface area contributed by atoms with Crippen LogP contribution in [0.4, 0.5) is 17.6 Å². The molecule has 130 valence electrons. The van der Waals surface area contributed by atoms with Crippen molar-refractivity contribution in [2.45, 2.75) is 10.9 Å². The number of hydrogen-bond donors (Lipinski definition) is 0. The van der Waals surface area contributed by atoms with Crippen molar-refractivity contribution in [2.24, 2.45) is 0 Å². The fourth-order valence-electron chi connectivity index (χ4n) is 2.44. The molecule has 25 heavy (non-hydrogen) atoms. The van der Waals surface area contributed by atoms with Crippen molar-refractivity contribution in [1.29, 1.82) is 0 Å². The maximum absolute atomic E-state index is 14.5. The monoisotopic (exact) mass is 476 g/mol. The Morgan fingerprint density at radius 2 is 1.28 bits per heavy atom. The molecule has 2 aromatic carbocycles. The molecule has 3 aromatic rings. The Kier molecular flexibility index (Phi) is 4.76. The predicted octanol–water partition coefficient (Wildman–Crippen LogP) is 6.52. The van der Waals surface area contributed by atoms with Gasteiger partial charge in [0.15, 0.2) is 4.73 Å². The number of aromatic nitrogens is 2. The summed E-state index contributed by atoms with van der Waals surface area (Å²) >= 11 is 4.70. The van der Waals surface area contributed by atoms with Gasteiger partial charge in [-0.15, -0.1) is 0 Å². The number of hydrogen-bond acceptors (Lipinski definition) is 1. The Bertz CT molecular complexity index is 875. The van der Waals surface area contributed by atoms with Gasteiger partial charge in [-0.1, -0.05) is 60.7 Å². The summed E-state index contributed by atoms with van der Waals surface area (Å²) < 4.78 is 55.9. The molecule has 0 bridgehead atoms. The highest BCUT2D eigenvalue weighted by molar-refractivity contribution is 9.10. The fraction of sp³-hybridized carbons (Fsp3) is 0.118. The van der Waals surface area contributed by atoms with Gasteiger partial charge in [0.25, 0.3) is 0 Å². The zero-order valence-electron chi connectivity index (χ0n) is 12.4. The third kappa shape index (κ3) is 3.25. The lowest BCUT2D eigenvalue weighted by Gasteiger charge is -2.25. The molecule has 2 nitrogen and oxygen atoms in total. The van der Waals surface area contributed by atoms with E-state index in [-0.39, 0.29) is 16.0 Å². The molecule has 0 aliphatic heterocycles. The van der Waals surface area contributed by atoms with Crippen molar-refractivity contribution in [2.75, 3.05) is 0 Å². The Morgan fingerprint density at radius 3 is 1.76 bits per heavy atom. The van der Waals surface area contributed by atoms with Crippen LogP contribution in [-0.4, -0.2) is 14.4 Å². The van der Waals surface area contributed by atoms with Gasteiger partial charge in [0, 0.05) is 11.1 Å². The topological polar surface area (TPSA) is 17.8 Å². The van der Waals surface area contributed by atoms with Gasteiger partial charge in [-0.25, -0.2) is 4.98 Å². The molecular formula is C17H10Br2F4N2. The summed E-state index contributed by atoms with van der Waals surface area (Å²) in [4.78, 5) is -0.375. The van der Waals surface area contributed by atoms with Gasteiger partial charge in [0.05, 0.1) is 11.4 Å². The molecule has 0 saturated carbocycles. The lowest BCUT2D eigenvalue weighted by Crippen LogP contribution is -2.39. The molecule has 0 spiro atoms. The van der Waals surface area contributed by atoms with Crippen molar-refractivity contribution in [3.05, 3.63) is 65.4 Å². The summed E-state index contributed by atoms with van der Waals surface area (Å²) in [6, 6.07) is 12.1. The van der Waals surface area contributed by atoms with Crippen LogP contribution in [0, 0.1) is 0 Å². The third-order valence-electron chi connectivity index (χ3n) is 3.55. The second-order valence-electron chi connectivity index (χ2n) is 5.18. The van der Waals surface area contributed by atoms with E-state index in [0.717, 1.165) is 0 Å². The minimum absolute atomic E-state index is 0.109. The van der Waals surface area contributed by atoms with Crippen LogP contribution in [0.15, 0.2) is 65.4 Å². The molecule has 0 N–H and O–H groups in total. The molecule has 0 aliphatic carbocycles. The maximum Gasteiger partial charge on any atom is 0.404 e. The quantitative estimate of drug-likeness (QED) is 0.309. The van der Waals surface area contributed by atoms with Crippen LogP contribution < -0.4 is 0 Å². The van der Waals surface area contributed by atoms with E-state index >= 15 is 0 Å². The van der Waals surface area contributed by atoms with Crippen LogP contribution in [0.1, 0.15) is 0 Å². The summed E-state index contributed by atoms with van der Waals surface area (Å²) in [6.45, 7) is 0. The normalized spacial score (nSPS) is 12.4. The number of rotatable bonds is 4. The maximum atomic E-state index is 14.5. The zero-order chi connectivity index (χ0) is 18.2. The van der Waals surface area contributed by atoms with Gasteiger partial charge in [-0.2, -0.15) is 17.6 Å². The van der Waals surface area contributed by atoms with Gasteiger partial charge < -0.3 is 0 Å². The van der Waals surface area contributed by atoms with Crippen LogP contribution in [0.25, 0.3) is 22.5 Å². The van der Waals surface area contributed by atoms with E-state index in [1.165, 1.54) is 0 Å². The van der Waals surface area contributed by atoms with Crippen molar-refractivity contribution in [3.63, 3.8) is 0 Å². The van der Waals surface area contributed by atoms with Crippen molar-refractivity contribution < 1.29 is 17.6 Å². The number of nitrogens with zero attached hydrogens (tertiary/aromatic N) is 2. The first-order chi connectivity index (χ1) is 11.7. The first-order valence-corrected chi connectivity index (χ1v) is 8.66. The molecule has 0 atom stereocenters. The summed E-state index contributed by atoms with van der Waals surface area (Å²) in [7, 11) is 0. The summed E-state index contributed by atoms with van der Waals surface area (Å²) in [5.74, 6) is 0. The number of imidazole rings is 1. The molecule has 0 fully saturated rings. The van der Waals surface area contributed by atoms with Gasteiger partial charge in [0.2, 0.25) is 0 Å². The Morgan fingerprint density at radius 1 is 0.800 bits per heavy atom. The Balaban J connectivity index is 2.35. The largest absolute Gasteiger partial charge is 0.404 e. The van der Waals surface area contributed by atoms with E-state index in [2.05, 4.69) is 20.9 Å². The van der Waals surface area contributed by atoms with Crippen LogP contribution in [0.5, 0.6) is 0 Å². The molecule has 8 heteroatoms. The number of benzene rings is 2. The van der Waals surface area contributed by atoms with Crippen molar-refractivity contribution >= 4 is 31.9 Å². The average Bonchev–Trinajstić information content (AvgIpc) is 2.93. The van der Waals surface area contributed by atoms with Crippen LogP contribution >= 0.6 is 31.9 Å². The standard InChI is InChI=1S/C17H10Br2F4N2/c18-15-24-13(11-7-3-1-4-8-11)14(12-9-5-2-6-10-12)25(15)17(22,23)16(19,20)21/h1-10H. The van der Waals surface area contributed by atoms with Crippen LogP contribution in [-0.2, 0) is 6.05 Å². The SMILES string of the molecule is FC(F)(Br)C(F)(F)n1c(Br)nc(-c2ccccc2)c1-c1ccccc1. The minimum Gasteiger partial charge on any atom is -0.251 e. The van der Waals surface area contributed by atoms with Gasteiger partial charge in [-0.3, -0.25) is 4.57 Å². The Hall–Kier alpha value is -1.67. The van der Waals surface area contributed by atoms with Crippen LogP contribution in [0.2, 0.25) is 0 Å². The van der Waals surface area contributed by atoms with E-state index < -0.39 is 15.6 Å². The zero-order valence-corrected chi connectivity index (χ0v) is 15.6. The molecule has 1 aromatic heterocycles. The molecule has 0 unspecified atom stereocenters. The lowest BCUT2D eigenvalue weighted by atomic mass is 10.0. The molecule has 0 radical (unpaired) electrons. The van der Waals surface area contributed by atoms with Crippen molar-refractivity contribution in [3.8, 4) is 22.5 Å². The van der Waals surface area contributed by atoms with Gasteiger partial charge in [-0.05, 0) is 31.9 Å². The third-order valence-corrected chi connectivity index (χ3v) is 4.56. The molecule has 3 rings (SSSR count). The summed E-state index contributed by atoms with van der Waals surface area (Å²) in [5, 5.41) is 0. The lowest BCUT2D eigenvalue weighted by molar-refractivity contribution is -0.206. The van der Waals surface area contributed by atoms with E-state index in [1.807, 2.05) is 0 Å². The smallest absolute Gasteiger partial charge is 0.251 e. The average molecular weight is 478 g/mol. The second kappa shape index (κ2) is 6.57. The molecule has 0 amide bonds. The molecule has 0 aliphatic rings. The van der Waals surface area contributed by atoms with E-state index in [4.69, 9.17) is 0 Å². The molecule has 1 heterocycles. The summed E-state index contributed by atoms with van der Waals surface area (Å²) in [5.41, 5.74) is 0.948. The first-order valence-electron chi connectivity index (χ1n) is 7.07. The summed E-state index contributed by atoms with van der Waals surface area (Å²) in [6.07, 6.45) is 0.